The number of halogens is 1. The molecule has 0 atom stereocenters. The summed E-state index contributed by atoms with van der Waals surface area (Å²) < 4.78 is 4.81. The highest BCUT2D eigenvalue weighted by Crippen LogP contribution is 2.21. The Hall–Kier alpha value is -0.670. The zero-order valence-electron chi connectivity index (χ0n) is 7.08. The van der Waals surface area contributed by atoms with Crippen LogP contribution in [0, 0.1) is 0 Å². The van der Waals surface area contributed by atoms with Crippen molar-refractivity contribution in [2.45, 2.75) is 11.8 Å². The number of rotatable bonds is 2. The lowest BCUT2D eigenvalue weighted by Gasteiger charge is -2.02. The molecule has 0 heterocycles. The summed E-state index contributed by atoms with van der Waals surface area (Å²) in [6.45, 7) is 2.12. The molecule has 70 valence electrons. The third kappa shape index (κ3) is 2.64. The van der Waals surface area contributed by atoms with Crippen LogP contribution in [0.2, 0.25) is 5.02 Å². The minimum absolute atomic E-state index is 0.352. The Bertz CT molecular complexity index is 325. The van der Waals surface area contributed by atoms with E-state index in [2.05, 4.69) is 12.6 Å². The van der Waals surface area contributed by atoms with E-state index in [-0.39, 0.29) is 5.97 Å². The molecule has 0 aromatic heterocycles. The predicted octanol–water partition coefficient (Wildman–Crippen LogP) is 2.81. The van der Waals surface area contributed by atoms with Gasteiger partial charge in [-0.15, -0.1) is 12.6 Å². The molecule has 0 saturated carbocycles. The van der Waals surface area contributed by atoms with Crippen molar-refractivity contribution in [2.75, 3.05) is 6.61 Å². The molecule has 1 aromatic rings. The number of benzene rings is 1. The molecule has 1 aromatic carbocycles. The summed E-state index contributed by atoms with van der Waals surface area (Å²) in [4.78, 5) is 11.8. The van der Waals surface area contributed by atoms with Crippen molar-refractivity contribution in [3.63, 3.8) is 0 Å². The Morgan fingerprint density at radius 3 is 2.85 bits per heavy atom. The van der Waals surface area contributed by atoms with E-state index in [1.807, 2.05) is 0 Å². The lowest BCUT2D eigenvalue weighted by Crippen LogP contribution is -2.04. The van der Waals surface area contributed by atoms with Gasteiger partial charge in [0.1, 0.15) is 0 Å². The van der Waals surface area contributed by atoms with Crippen molar-refractivity contribution in [2.24, 2.45) is 0 Å². The lowest BCUT2D eigenvalue weighted by atomic mass is 10.2. The molecular formula is C9H9ClO2S. The van der Waals surface area contributed by atoms with Crippen molar-refractivity contribution in [3.8, 4) is 0 Å². The Morgan fingerprint density at radius 1 is 1.62 bits per heavy atom. The normalized spacial score (nSPS) is 9.77. The van der Waals surface area contributed by atoms with Gasteiger partial charge in [0.15, 0.2) is 0 Å². The summed E-state index contributed by atoms with van der Waals surface area (Å²) in [6, 6.07) is 4.82. The molecule has 0 unspecified atom stereocenters. The van der Waals surface area contributed by atoms with Gasteiger partial charge in [0, 0.05) is 4.90 Å². The van der Waals surface area contributed by atoms with Crippen LogP contribution in [-0.4, -0.2) is 12.6 Å². The van der Waals surface area contributed by atoms with Gasteiger partial charge < -0.3 is 4.74 Å². The monoisotopic (exact) mass is 216 g/mol. The second-order valence-electron chi connectivity index (χ2n) is 2.39. The first-order valence-electron chi connectivity index (χ1n) is 3.80. The molecule has 0 aliphatic carbocycles. The molecule has 0 fully saturated rings. The highest BCUT2D eigenvalue weighted by atomic mass is 35.5. The van der Waals surface area contributed by atoms with E-state index >= 15 is 0 Å². The Balaban J connectivity index is 2.90. The van der Waals surface area contributed by atoms with Gasteiger partial charge in [0.25, 0.3) is 0 Å². The van der Waals surface area contributed by atoms with Gasteiger partial charge in [-0.1, -0.05) is 11.6 Å². The molecule has 2 nitrogen and oxygen atoms in total. The second-order valence-corrected chi connectivity index (χ2v) is 3.28. The van der Waals surface area contributed by atoms with Crippen LogP contribution in [-0.2, 0) is 4.74 Å². The maximum atomic E-state index is 11.2. The third-order valence-electron chi connectivity index (χ3n) is 1.46. The van der Waals surface area contributed by atoms with Gasteiger partial charge in [-0.2, -0.15) is 0 Å². The number of carbonyl (C=O) groups excluding carboxylic acids is 1. The number of thiol groups is 1. The smallest absolute Gasteiger partial charge is 0.338 e. The van der Waals surface area contributed by atoms with Gasteiger partial charge in [-0.05, 0) is 25.1 Å². The first-order valence-corrected chi connectivity index (χ1v) is 4.63. The number of esters is 1. The Morgan fingerprint density at radius 2 is 2.31 bits per heavy atom. The number of ether oxygens (including phenoxy) is 1. The zero-order chi connectivity index (χ0) is 9.84. The lowest BCUT2D eigenvalue weighted by molar-refractivity contribution is 0.0526. The molecule has 0 saturated heterocycles. The largest absolute Gasteiger partial charge is 0.462 e. The maximum absolute atomic E-state index is 11.2. The van der Waals surface area contributed by atoms with Gasteiger partial charge >= 0.3 is 5.97 Å². The summed E-state index contributed by atoms with van der Waals surface area (Å²) in [7, 11) is 0. The van der Waals surface area contributed by atoms with Gasteiger partial charge in [0.05, 0.1) is 17.2 Å². The molecule has 0 aliphatic rings. The molecule has 0 bridgehead atoms. The first-order chi connectivity index (χ1) is 6.15. The zero-order valence-corrected chi connectivity index (χ0v) is 8.73. The topological polar surface area (TPSA) is 26.3 Å². The van der Waals surface area contributed by atoms with E-state index in [0.29, 0.717) is 22.1 Å². The highest BCUT2D eigenvalue weighted by molar-refractivity contribution is 7.80. The average Bonchev–Trinajstić information content (AvgIpc) is 2.10. The van der Waals surface area contributed by atoms with Crippen molar-refractivity contribution in [1.29, 1.82) is 0 Å². The van der Waals surface area contributed by atoms with Crippen molar-refractivity contribution in [1.82, 2.24) is 0 Å². The fourth-order valence-corrected chi connectivity index (χ4v) is 1.19. The Labute approximate surface area is 87.3 Å². The summed E-state index contributed by atoms with van der Waals surface area (Å²) in [5, 5.41) is 0.524. The molecule has 13 heavy (non-hydrogen) atoms. The number of hydrogen-bond acceptors (Lipinski definition) is 3. The number of hydrogen-bond donors (Lipinski definition) is 1. The quantitative estimate of drug-likeness (QED) is 0.608. The number of carbonyl (C=O) groups is 1. The third-order valence-corrected chi connectivity index (χ3v) is 2.29. The fraction of sp³-hybridized carbons (Fsp3) is 0.222. The van der Waals surface area contributed by atoms with Crippen molar-refractivity contribution < 1.29 is 9.53 Å². The van der Waals surface area contributed by atoms with Crippen LogP contribution in [0.1, 0.15) is 17.3 Å². The van der Waals surface area contributed by atoms with Crippen LogP contribution >= 0.6 is 24.2 Å². The molecule has 0 aliphatic heterocycles. The Kier molecular flexibility index (Phi) is 3.63. The molecule has 0 N–H and O–H groups in total. The van der Waals surface area contributed by atoms with Gasteiger partial charge in [-0.25, -0.2) is 4.79 Å². The standard InChI is InChI=1S/C9H9ClO2S/c1-2-12-9(11)6-3-4-7(10)8(13)5-6/h3-5,13H,2H2,1H3. The van der Waals surface area contributed by atoms with E-state index in [9.17, 15) is 4.79 Å². The minimum Gasteiger partial charge on any atom is -0.462 e. The van der Waals surface area contributed by atoms with Crippen LogP contribution in [0.3, 0.4) is 0 Å². The highest BCUT2D eigenvalue weighted by Gasteiger charge is 2.07. The van der Waals surface area contributed by atoms with Crippen LogP contribution < -0.4 is 0 Å². The van der Waals surface area contributed by atoms with E-state index in [1.54, 1.807) is 25.1 Å². The van der Waals surface area contributed by atoms with E-state index < -0.39 is 0 Å². The molecule has 4 heteroatoms. The second kappa shape index (κ2) is 4.53. The fourth-order valence-electron chi connectivity index (χ4n) is 0.854. The maximum Gasteiger partial charge on any atom is 0.338 e. The molecule has 0 spiro atoms. The molecule has 0 amide bonds. The summed E-state index contributed by atoms with van der Waals surface area (Å²) in [5.41, 5.74) is 0.469. The molecule has 0 radical (unpaired) electrons. The average molecular weight is 217 g/mol. The van der Waals surface area contributed by atoms with Crippen molar-refractivity contribution in [3.05, 3.63) is 28.8 Å². The molecular weight excluding hydrogens is 208 g/mol. The minimum atomic E-state index is -0.352. The van der Waals surface area contributed by atoms with Crippen LogP contribution in [0.15, 0.2) is 23.1 Å². The van der Waals surface area contributed by atoms with E-state index in [1.165, 1.54) is 0 Å². The molecule has 1 rings (SSSR count). The first kappa shape index (κ1) is 10.4. The van der Waals surface area contributed by atoms with Gasteiger partial charge in [-0.3, -0.25) is 0 Å². The predicted molar refractivity (Wildman–Crippen MR) is 54.7 cm³/mol. The van der Waals surface area contributed by atoms with E-state index in [0.717, 1.165) is 0 Å². The van der Waals surface area contributed by atoms with Crippen LogP contribution in [0.25, 0.3) is 0 Å². The van der Waals surface area contributed by atoms with Gasteiger partial charge in [0.2, 0.25) is 0 Å². The SMILES string of the molecule is CCOC(=O)c1ccc(Cl)c(S)c1. The summed E-state index contributed by atoms with van der Waals surface area (Å²) in [5.74, 6) is -0.352. The summed E-state index contributed by atoms with van der Waals surface area (Å²) >= 11 is 9.82. The van der Waals surface area contributed by atoms with E-state index in [4.69, 9.17) is 16.3 Å². The summed E-state index contributed by atoms with van der Waals surface area (Å²) in [6.07, 6.45) is 0. The van der Waals surface area contributed by atoms with Crippen LogP contribution in [0.4, 0.5) is 0 Å². The van der Waals surface area contributed by atoms with Crippen LogP contribution in [0.5, 0.6) is 0 Å². The van der Waals surface area contributed by atoms with Crippen molar-refractivity contribution >= 4 is 30.2 Å².